The Bertz CT molecular complexity index is 568. The number of piperidine rings is 1. The van der Waals surface area contributed by atoms with Crippen LogP contribution in [-0.4, -0.2) is 35.5 Å². The van der Waals surface area contributed by atoms with Gasteiger partial charge in [-0.2, -0.15) is 0 Å². The lowest BCUT2D eigenvalue weighted by molar-refractivity contribution is 0.303. The molecule has 20 heavy (non-hydrogen) atoms. The van der Waals surface area contributed by atoms with Gasteiger partial charge >= 0.3 is 0 Å². The Morgan fingerprint density at radius 3 is 3.05 bits per heavy atom. The van der Waals surface area contributed by atoms with E-state index in [1.165, 1.54) is 12.8 Å². The monoisotopic (exact) mass is 291 g/mol. The van der Waals surface area contributed by atoms with Crippen LogP contribution in [0.5, 0.6) is 0 Å². The molecule has 0 unspecified atom stereocenters. The fourth-order valence-electron chi connectivity index (χ4n) is 2.63. The molecular formula is C15H18ClN3O. The number of benzene rings is 1. The van der Waals surface area contributed by atoms with Crippen molar-refractivity contribution < 1.29 is 5.11 Å². The van der Waals surface area contributed by atoms with E-state index in [1.807, 2.05) is 24.3 Å². The Labute approximate surface area is 123 Å². The molecule has 1 saturated heterocycles. The number of nitrogens with one attached hydrogen (secondary N) is 1. The zero-order chi connectivity index (χ0) is 13.9. The van der Waals surface area contributed by atoms with Crippen molar-refractivity contribution in [1.29, 1.82) is 0 Å². The second-order valence-electron chi connectivity index (χ2n) is 5.15. The highest BCUT2D eigenvalue weighted by Crippen LogP contribution is 2.24. The van der Waals surface area contributed by atoms with Crippen LogP contribution in [0.15, 0.2) is 40.7 Å². The number of amidine groups is 1. The molecule has 1 aromatic carbocycles. The molecular weight excluding hydrogens is 274 g/mol. The van der Waals surface area contributed by atoms with Gasteiger partial charge in [-0.3, -0.25) is 0 Å². The molecule has 2 aliphatic heterocycles. The maximum atomic E-state index is 9.56. The third-order valence-corrected chi connectivity index (χ3v) is 3.91. The first-order valence-corrected chi connectivity index (χ1v) is 7.32. The van der Waals surface area contributed by atoms with E-state index in [9.17, 15) is 5.11 Å². The van der Waals surface area contributed by atoms with Crippen LogP contribution >= 0.6 is 11.6 Å². The van der Waals surface area contributed by atoms with Crippen LogP contribution in [0.1, 0.15) is 19.3 Å². The minimum Gasteiger partial charge on any atom is -0.392 e. The number of hydrogen-bond acceptors (Lipinski definition) is 4. The van der Waals surface area contributed by atoms with Gasteiger partial charge in [0.05, 0.1) is 6.61 Å². The van der Waals surface area contributed by atoms with Gasteiger partial charge in [-0.25, -0.2) is 4.99 Å². The van der Waals surface area contributed by atoms with E-state index < -0.39 is 0 Å². The fraction of sp³-hybridized carbons (Fsp3) is 0.400. The Kier molecular flexibility index (Phi) is 3.94. The predicted octanol–water partition coefficient (Wildman–Crippen LogP) is 2.85. The first-order chi connectivity index (χ1) is 9.76. The molecule has 0 saturated carbocycles. The summed E-state index contributed by atoms with van der Waals surface area (Å²) in [6.07, 6.45) is 3.41. The van der Waals surface area contributed by atoms with E-state index in [0.29, 0.717) is 5.02 Å². The summed E-state index contributed by atoms with van der Waals surface area (Å²) in [5, 5.41) is 13.5. The Balaban J connectivity index is 1.86. The van der Waals surface area contributed by atoms with Crippen LogP contribution in [0.3, 0.4) is 0 Å². The van der Waals surface area contributed by atoms with Crippen molar-refractivity contribution in [2.75, 3.05) is 25.0 Å². The zero-order valence-corrected chi connectivity index (χ0v) is 12.0. The lowest BCUT2D eigenvalue weighted by Gasteiger charge is -2.34. The molecule has 0 bridgehead atoms. The van der Waals surface area contributed by atoms with Gasteiger partial charge in [-0.05, 0) is 31.0 Å². The van der Waals surface area contributed by atoms with Gasteiger partial charge in [-0.15, -0.1) is 0 Å². The number of anilines is 1. The second-order valence-corrected chi connectivity index (χ2v) is 5.59. The summed E-state index contributed by atoms with van der Waals surface area (Å²) in [5.74, 6) is 1.89. The highest BCUT2D eigenvalue weighted by Gasteiger charge is 2.23. The molecule has 0 spiro atoms. The Morgan fingerprint density at radius 1 is 1.35 bits per heavy atom. The quantitative estimate of drug-likeness (QED) is 0.900. The second kappa shape index (κ2) is 5.85. The van der Waals surface area contributed by atoms with Gasteiger partial charge in [0.2, 0.25) is 0 Å². The highest BCUT2D eigenvalue weighted by atomic mass is 35.5. The molecule has 2 N–H and O–H groups in total. The number of hydrogen-bond donors (Lipinski definition) is 2. The summed E-state index contributed by atoms with van der Waals surface area (Å²) in [6, 6.07) is 7.54. The van der Waals surface area contributed by atoms with Gasteiger partial charge in [0, 0.05) is 35.8 Å². The Morgan fingerprint density at radius 2 is 2.25 bits per heavy atom. The van der Waals surface area contributed by atoms with Crippen LogP contribution < -0.4 is 5.32 Å². The summed E-state index contributed by atoms with van der Waals surface area (Å²) < 4.78 is 0. The molecule has 0 amide bonds. The molecule has 0 aliphatic carbocycles. The average Bonchev–Trinajstić information content (AvgIpc) is 2.46. The summed E-state index contributed by atoms with van der Waals surface area (Å²) >= 11 is 5.99. The topological polar surface area (TPSA) is 47.9 Å². The van der Waals surface area contributed by atoms with E-state index in [-0.39, 0.29) is 6.61 Å². The molecule has 1 aromatic rings. The largest absolute Gasteiger partial charge is 0.392 e. The SMILES string of the molecule is OCC1=C(Nc2cccc(Cl)c2)N=C2CCCCN2C1. The molecule has 1 fully saturated rings. The van der Waals surface area contributed by atoms with Gasteiger partial charge in [0.15, 0.2) is 0 Å². The van der Waals surface area contributed by atoms with Crippen molar-refractivity contribution in [1.82, 2.24) is 4.90 Å². The molecule has 2 aliphatic rings. The molecule has 5 heteroatoms. The number of aliphatic hydroxyl groups is 1. The average molecular weight is 292 g/mol. The first kappa shape index (κ1) is 13.5. The van der Waals surface area contributed by atoms with Crippen LogP contribution in [0.25, 0.3) is 0 Å². The van der Waals surface area contributed by atoms with Gasteiger partial charge in [-0.1, -0.05) is 17.7 Å². The van der Waals surface area contributed by atoms with Crippen molar-refractivity contribution in [3.8, 4) is 0 Å². The first-order valence-electron chi connectivity index (χ1n) is 6.94. The van der Waals surface area contributed by atoms with Crippen molar-refractivity contribution >= 4 is 23.1 Å². The number of fused-ring (bicyclic) bond motifs is 1. The molecule has 0 aromatic heterocycles. The van der Waals surface area contributed by atoms with E-state index in [4.69, 9.17) is 11.6 Å². The van der Waals surface area contributed by atoms with E-state index in [2.05, 4.69) is 15.2 Å². The van der Waals surface area contributed by atoms with Crippen molar-refractivity contribution in [3.05, 3.63) is 40.7 Å². The lowest BCUT2D eigenvalue weighted by Crippen LogP contribution is -2.40. The number of aliphatic hydroxyl groups excluding tert-OH is 1. The van der Waals surface area contributed by atoms with Crippen molar-refractivity contribution in [3.63, 3.8) is 0 Å². The molecule has 2 heterocycles. The van der Waals surface area contributed by atoms with Crippen molar-refractivity contribution in [2.24, 2.45) is 4.99 Å². The molecule has 106 valence electrons. The maximum Gasteiger partial charge on any atom is 0.135 e. The predicted molar refractivity (Wildman–Crippen MR) is 82.0 cm³/mol. The third kappa shape index (κ3) is 2.81. The molecule has 4 nitrogen and oxygen atoms in total. The zero-order valence-electron chi connectivity index (χ0n) is 11.3. The lowest BCUT2D eigenvalue weighted by atomic mass is 10.1. The van der Waals surface area contributed by atoms with Gasteiger partial charge < -0.3 is 15.3 Å². The Hall–Kier alpha value is -1.52. The van der Waals surface area contributed by atoms with Crippen molar-refractivity contribution in [2.45, 2.75) is 19.3 Å². The van der Waals surface area contributed by atoms with E-state index in [1.54, 1.807) is 0 Å². The minimum absolute atomic E-state index is 0.0240. The maximum absolute atomic E-state index is 9.56. The van der Waals surface area contributed by atoms with Crippen LogP contribution in [0, 0.1) is 0 Å². The number of halogens is 1. The highest BCUT2D eigenvalue weighted by molar-refractivity contribution is 6.30. The minimum atomic E-state index is 0.0240. The van der Waals surface area contributed by atoms with Crippen LogP contribution in [0.2, 0.25) is 5.02 Å². The number of rotatable bonds is 3. The molecule has 0 atom stereocenters. The van der Waals surface area contributed by atoms with Crippen LogP contribution in [0.4, 0.5) is 5.69 Å². The van der Waals surface area contributed by atoms with E-state index in [0.717, 1.165) is 42.4 Å². The van der Waals surface area contributed by atoms with E-state index >= 15 is 0 Å². The number of aliphatic imine (C=N–C) groups is 1. The normalized spacial score (nSPS) is 18.7. The fourth-order valence-corrected chi connectivity index (χ4v) is 2.82. The molecule has 0 radical (unpaired) electrons. The van der Waals surface area contributed by atoms with Gasteiger partial charge in [0.25, 0.3) is 0 Å². The standard InChI is InChI=1S/C15H18ClN3O/c16-12-4-3-5-13(8-12)17-15-11(10-20)9-19-7-2-1-6-14(19)18-15/h3-5,8,17,20H,1-2,6-7,9-10H2. The summed E-state index contributed by atoms with van der Waals surface area (Å²) in [5.41, 5.74) is 1.82. The van der Waals surface area contributed by atoms with Crippen LogP contribution in [-0.2, 0) is 0 Å². The third-order valence-electron chi connectivity index (χ3n) is 3.68. The van der Waals surface area contributed by atoms with Gasteiger partial charge in [0.1, 0.15) is 11.7 Å². The summed E-state index contributed by atoms with van der Waals surface area (Å²) in [7, 11) is 0. The smallest absolute Gasteiger partial charge is 0.135 e. The number of nitrogens with zero attached hydrogens (tertiary/aromatic N) is 2. The summed E-state index contributed by atoms with van der Waals surface area (Å²) in [6.45, 7) is 1.82. The molecule has 3 rings (SSSR count). The summed E-state index contributed by atoms with van der Waals surface area (Å²) in [4.78, 5) is 6.95.